The van der Waals surface area contributed by atoms with Crippen LogP contribution in [0.15, 0.2) is 42.5 Å². The summed E-state index contributed by atoms with van der Waals surface area (Å²) in [7, 11) is 0. The maximum absolute atomic E-state index is 13.5. The number of halogens is 1. The van der Waals surface area contributed by atoms with E-state index in [9.17, 15) is 14.0 Å². The molecule has 0 unspecified atom stereocenters. The zero-order valence-electron chi connectivity index (χ0n) is 13.5. The highest BCUT2D eigenvalue weighted by Gasteiger charge is 2.12. The number of carbonyl (C=O) groups excluding carboxylic acids is 2. The quantitative estimate of drug-likeness (QED) is 0.767. The number of aromatic nitrogens is 1. The lowest BCUT2D eigenvalue weighted by molar-refractivity contribution is 0.0942. The van der Waals surface area contributed by atoms with Gasteiger partial charge in [0.25, 0.3) is 11.8 Å². The van der Waals surface area contributed by atoms with E-state index in [4.69, 9.17) is 0 Å². The number of rotatable bonds is 7. The number of pyridine rings is 1. The molecule has 1 heterocycles. The van der Waals surface area contributed by atoms with Crippen LogP contribution in [0.5, 0.6) is 0 Å². The van der Waals surface area contributed by atoms with E-state index < -0.39 is 5.91 Å². The van der Waals surface area contributed by atoms with Crippen LogP contribution in [0.1, 0.15) is 46.3 Å². The first-order valence-corrected chi connectivity index (χ1v) is 7.88. The van der Waals surface area contributed by atoms with Gasteiger partial charge in [-0.05, 0) is 24.6 Å². The second-order valence-electron chi connectivity index (χ2n) is 5.29. The molecule has 1 aromatic heterocycles. The summed E-state index contributed by atoms with van der Waals surface area (Å²) in [6.45, 7) is 2.66. The van der Waals surface area contributed by atoms with Gasteiger partial charge in [-0.3, -0.25) is 9.59 Å². The van der Waals surface area contributed by atoms with Crippen LogP contribution in [-0.2, 0) is 6.54 Å². The Hall–Kier alpha value is -2.76. The summed E-state index contributed by atoms with van der Waals surface area (Å²) >= 11 is 0. The number of hydrogen-bond donors (Lipinski definition) is 2. The van der Waals surface area contributed by atoms with Crippen LogP contribution >= 0.6 is 0 Å². The molecular weight excluding hydrogens is 309 g/mol. The van der Waals surface area contributed by atoms with Crippen molar-refractivity contribution in [2.45, 2.75) is 26.3 Å². The Bertz CT molecular complexity index is 719. The molecule has 6 heteroatoms. The summed E-state index contributed by atoms with van der Waals surface area (Å²) in [5.74, 6) is -1.15. The number of carbonyl (C=O) groups is 2. The Morgan fingerprint density at radius 2 is 1.67 bits per heavy atom. The minimum atomic E-state index is -0.457. The average molecular weight is 329 g/mol. The van der Waals surface area contributed by atoms with Gasteiger partial charge in [0, 0.05) is 18.7 Å². The molecule has 2 N–H and O–H groups in total. The van der Waals surface area contributed by atoms with Crippen LogP contribution in [-0.4, -0.2) is 23.3 Å². The molecule has 0 aliphatic carbocycles. The number of unbranched alkanes of at least 4 members (excludes halogenated alkanes) is 1. The lowest BCUT2D eigenvalue weighted by atomic mass is 10.2. The number of hydrogen-bond acceptors (Lipinski definition) is 3. The molecule has 0 aliphatic rings. The van der Waals surface area contributed by atoms with Crippen molar-refractivity contribution < 1.29 is 14.0 Å². The highest BCUT2D eigenvalue weighted by Crippen LogP contribution is 2.06. The predicted octanol–water partition coefficient (Wildman–Crippen LogP) is 2.68. The molecule has 0 aliphatic heterocycles. The van der Waals surface area contributed by atoms with E-state index in [0.29, 0.717) is 12.1 Å². The number of nitrogens with zero attached hydrogens (tertiary/aromatic N) is 1. The fourth-order valence-electron chi connectivity index (χ4n) is 2.06. The van der Waals surface area contributed by atoms with Crippen LogP contribution in [0, 0.1) is 5.82 Å². The first kappa shape index (κ1) is 17.6. The predicted molar refractivity (Wildman–Crippen MR) is 89.0 cm³/mol. The summed E-state index contributed by atoms with van der Waals surface area (Å²) in [5.41, 5.74) is 0.693. The molecule has 2 rings (SSSR count). The van der Waals surface area contributed by atoms with E-state index in [1.807, 2.05) is 6.92 Å². The van der Waals surface area contributed by atoms with Crippen molar-refractivity contribution >= 4 is 11.8 Å². The van der Waals surface area contributed by atoms with Crippen LogP contribution in [0.25, 0.3) is 0 Å². The third kappa shape index (κ3) is 4.87. The summed E-state index contributed by atoms with van der Waals surface area (Å²) in [6.07, 6.45) is 1.86. The van der Waals surface area contributed by atoms with Crippen molar-refractivity contribution in [2.24, 2.45) is 0 Å². The van der Waals surface area contributed by atoms with Crippen molar-refractivity contribution in [1.82, 2.24) is 15.6 Å². The fourth-order valence-corrected chi connectivity index (χ4v) is 2.06. The minimum absolute atomic E-state index is 0.0557. The maximum Gasteiger partial charge on any atom is 0.270 e. The van der Waals surface area contributed by atoms with Gasteiger partial charge in [-0.2, -0.15) is 0 Å². The fraction of sp³-hybridized carbons (Fsp3) is 0.278. The van der Waals surface area contributed by atoms with Gasteiger partial charge in [0.1, 0.15) is 17.2 Å². The van der Waals surface area contributed by atoms with E-state index in [-0.39, 0.29) is 29.7 Å². The van der Waals surface area contributed by atoms with E-state index in [1.165, 1.54) is 12.1 Å². The molecule has 0 saturated carbocycles. The van der Waals surface area contributed by atoms with E-state index in [2.05, 4.69) is 15.6 Å². The molecule has 126 valence electrons. The number of benzene rings is 1. The third-order valence-corrected chi connectivity index (χ3v) is 3.43. The molecule has 5 nitrogen and oxygen atoms in total. The van der Waals surface area contributed by atoms with Gasteiger partial charge in [0.2, 0.25) is 0 Å². The van der Waals surface area contributed by atoms with Crippen LogP contribution in [0.3, 0.4) is 0 Å². The van der Waals surface area contributed by atoms with E-state index >= 15 is 0 Å². The lowest BCUT2D eigenvalue weighted by Crippen LogP contribution is -2.28. The van der Waals surface area contributed by atoms with Gasteiger partial charge >= 0.3 is 0 Å². The van der Waals surface area contributed by atoms with Gasteiger partial charge in [0.15, 0.2) is 0 Å². The summed E-state index contributed by atoms with van der Waals surface area (Å²) in [6, 6.07) is 10.9. The first-order chi connectivity index (χ1) is 11.6. The molecule has 0 radical (unpaired) electrons. The monoisotopic (exact) mass is 329 g/mol. The highest BCUT2D eigenvalue weighted by atomic mass is 19.1. The molecule has 2 aromatic rings. The highest BCUT2D eigenvalue weighted by molar-refractivity contribution is 5.96. The topological polar surface area (TPSA) is 71.1 Å². The number of nitrogens with one attached hydrogen (secondary N) is 2. The standard InChI is InChI=1S/C18H20FN3O2/c1-2-3-11-20-17(23)15-9-6-10-16(22-15)18(24)21-12-13-7-4-5-8-14(13)19/h4-10H,2-3,11-12H2,1H3,(H,20,23)(H,21,24). The van der Waals surface area contributed by atoms with Crippen molar-refractivity contribution in [3.8, 4) is 0 Å². The molecular formula is C18H20FN3O2. The normalized spacial score (nSPS) is 10.2. The van der Waals surface area contributed by atoms with E-state index in [0.717, 1.165) is 12.8 Å². The van der Waals surface area contributed by atoms with Crippen molar-refractivity contribution in [1.29, 1.82) is 0 Å². The second-order valence-corrected chi connectivity index (χ2v) is 5.29. The zero-order chi connectivity index (χ0) is 17.4. The van der Waals surface area contributed by atoms with Crippen LogP contribution < -0.4 is 10.6 Å². The van der Waals surface area contributed by atoms with Crippen LogP contribution in [0.4, 0.5) is 4.39 Å². The molecule has 0 saturated heterocycles. The van der Waals surface area contributed by atoms with Crippen molar-refractivity contribution in [3.63, 3.8) is 0 Å². The Morgan fingerprint density at radius 3 is 2.33 bits per heavy atom. The minimum Gasteiger partial charge on any atom is -0.351 e. The van der Waals surface area contributed by atoms with Gasteiger partial charge in [0.05, 0.1) is 0 Å². The zero-order valence-corrected chi connectivity index (χ0v) is 13.5. The van der Waals surface area contributed by atoms with Gasteiger partial charge < -0.3 is 10.6 Å². The molecule has 2 amide bonds. The Morgan fingerprint density at radius 1 is 1.00 bits per heavy atom. The molecule has 0 fully saturated rings. The average Bonchev–Trinajstić information content (AvgIpc) is 2.61. The largest absolute Gasteiger partial charge is 0.351 e. The molecule has 1 aromatic carbocycles. The van der Waals surface area contributed by atoms with Crippen molar-refractivity contribution in [3.05, 3.63) is 65.2 Å². The molecule has 0 atom stereocenters. The molecule has 0 spiro atoms. The third-order valence-electron chi connectivity index (χ3n) is 3.43. The summed E-state index contributed by atoms with van der Waals surface area (Å²) in [5, 5.41) is 5.35. The Balaban J connectivity index is 1.98. The van der Waals surface area contributed by atoms with Crippen LogP contribution in [0.2, 0.25) is 0 Å². The van der Waals surface area contributed by atoms with E-state index in [1.54, 1.807) is 30.3 Å². The first-order valence-electron chi connectivity index (χ1n) is 7.88. The lowest BCUT2D eigenvalue weighted by Gasteiger charge is -2.07. The van der Waals surface area contributed by atoms with Gasteiger partial charge in [-0.1, -0.05) is 37.6 Å². The SMILES string of the molecule is CCCCNC(=O)c1cccc(C(=O)NCc2ccccc2F)n1. The summed E-state index contributed by atoms with van der Waals surface area (Å²) < 4.78 is 13.5. The molecule has 24 heavy (non-hydrogen) atoms. The second kappa shape index (κ2) is 8.76. The Labute approximate surface area is 140 Å². The molecule has 0 bridgehead atoms. The van der Waals surface area contributed by atoms with Gasteiger partial charge in [-0.25, -0.2) is 9.37 Å². The number of amides is 2. The smallest absolute Gasteiger partial charge is 0.270 e. The van der Waals surface area contributed by atoms with Crippen molar-refractivity contribution in [2.75, 3.05) is 6.54 Å². The van der Waals surface area contributed by atoms with Gasteiger partial charge in [-0.15, -0.1) is 0 Å². The summed E-state index contributed by atoms with van der Waals surface area (Å²) in [4.78, 5) is 28.2. The Kier molecular flexibility index (Phi) is 6.42. The maximum atomic E-state index is 13.5.